The lowest BCUT2D eigenvalue weighted by molar-refractivity contribution is -0.165. The Labute approximate surface area is 189 Å². The van der Waals surface area contributed by atoms with Crippen LogP contribution in [0.1, 0.15) is 111 Å². The van der Waals surface area contributed by atoms with Gasteiger partial charge in [-0.3, -0.25) is 14.4 Å². The summed E-state index contributed by atoms with van der Waals surface area (Å²) in [6.07, 6.45) is 19.8. The van der Waals surface area contributed by atoms with E-state index in [4.69, 9.17) is 14.2 Å². The fraction of sp³-hybridized carbons (Fsp3) is 0.800. The van der Waals surface area contributed by atoms with E-state index < -0.39 is 18.0 Å². The number of hydrogen-bond acceptors (Lipinski definition) is 6. The van der Waals surface area contributed by atoms with Gasteiger partial charge in [-0.25, -0.2) is 0 Å². The van der Waals surface area contributed by atoms with Crippen LogP contribution in [0.25, 0.3) is 0 Å². The van der Waals surface area contributed by atoms with Crippen molar-refractivity contribution in [2.75, 3.05) is 13.2 Å². The van der Waals surface area contributed by atoms with E-state index in [1.807, 2.05) is 0 Å². The molecule has 6 nitrogen and oxygen atoms in total. The summed E-state index contributed by atoms with van der Waals surface area (Å²) in [6, 6.07) is 0. The van der Waals surface area contributed by atoms with Gasteiger partial charge in [-0.1, -0.05) is 70.4 Å². The summed E-state index contributed by atoms with van der Waals surface area (Å²) in [5, 5.41) is 0. The van der Waals surface area contributed by atoms with Crippen LogP contribution in [-0.2, 0) is 28.6 Å². The van der Waals surface area contributed by atoms with E-state index in [-0.39, 0.29) is 19.2 Å². The second-order valence-corrected chi connectivity index (χ2v) is 8.05. The highest BCUT2D eigenvalue weighted by molar-refractivity contribution is 5.70. The van der Waals surface area contributed by atoms with E-state index >= 15 is 0 Å². The van der Waals surface area contributed by atoms with Gasteiger partial charge >= 0.3 is 17.9 Å². The molecule has 0 spiro atoms. The van der Waals surface area contributed by atoms with Gasteiger partial charge in [-0.05, 0) is 32.1 Å². The summed E-state index contributed by atoms with van der Waals surface area (Å²) in [7, 11) is 0. The molecule has 0 N–H and O–H groups in total. The smallest absolute Gasteiger partial charge is 0.306 e. The zero-order valence-electron chi connectivity index (χ0n) is 20.0. The predicted molar refractivity (Wildman–Crippen MR) is 123 cm³/mol. The lowest BCUT2D eigenvalue weighted by Gasteiger charge is -2.17. The highest BCUT2D eigenvalue weighted by Gasteiger charge is 2.17. The molecule has 0 heterocycles. The molecule has 0 aliphatic rings. The molecule has 0 radical (unpaired) electrons. The second-order valence-electron chi connectivity index (χ2n) is 8.05. The Morgan fingerprint density at radius 2 is 1.13 bits per heavy atom. The zero-order valence-corrected chi connectivity index (χ0v) is 20.0. The molecule has 0 aromatic rings. The van der Waals surface area contributed by atoms with Crippen molar-refractivity contribution in [1.82, 2.24) is 0 Å². The Balaban J connectivity index is 3.66. The third kappa shape index (κ3) is 22.7. The SMILES string of the molecule is CCCCCCCC/C=C\CCCCCCCC(=O)OC(COC(C)=O)COC(C)=O. The van der Waals surface area contributed by atoms with Crippen molar-refractivity contribution in [1.29, 1.82) is 0 Å². The predicted octanol–water partition coefficient (Wildman–Crippen LogP) is 6.06. The van der Waals surface area contributed by atoms with Crippen LogP contribution in [0, 0.1) is 0 Å². The Bertz CT molecular complexity index is 482. The number of carbonyl (C=O) groups is 3. The third-order valence-electron chi connectivity index (χ3n) is 4.89. The van der Waals surface area contributed by atoms with Gasteiger partial charge in [0.2, 0.25) is 0 Å². The summed E-state index contributed by atoms with van der Waals surface area (Å²) < 4.78 is 15.0. The Hall–Kier alpha value is -1.85. The maximum atomic E-state index is 12.0. The number of hydrogen-bond donors (Lipinski definition) is 0. The van der Waals surface area contributed by atoms with Crippen molar-refractivity contribution >= 4 is 17.9 Å². The normalized spacial score (nSPS) is 11.1. The lowest BCUT2D eigenvalue weighted by Crippen LogP contribution is -2.30. The molecule has 6 heteroatoms. The molecule has 0 unspecified atom stereocenters. The summed E-state index contributed by atoms with van der Waals surface area (Å²) in [6.45, 7) is 4.57. The molecule has 0 saturated carbocycles. The minimum atomic E-state index is -0.761. The van der Waals surface area contributed by atoms with Crippen LogP contribution in [0.15, 0.2) is 12.2 Å². The highest BCUT2D eigenvalue weighted by Crippen LogP contribution is 2.11. The van der Waals surface area contributed by atoms with Gasteiger partial charge in [0, 0.05) is 20.3 Å². The molecule has 0 aromatic carbocycles. The van der Waals surface area contributed by atoms with Crippen molar-refractivity contribution in [3.63, 3.8) is 0 Å². The Morgan fingerprint density at radius 1 is 0.677 bits per heavy atom. The van der Waals surface area contributed by atoms with E-state index in [1.54, 1.807) is 0 Å². The van der Waals surface area contributed by atoms with Gasteiger partial charge < -0.3 is 14.2 Å². The molecule has 0 aliphatic heterocycles. The first-order valence-electron chi connectivity index (χ1n) is 12.1. The molecule has 180 valence electrons. The lowest BCUT2D eigenvalue weighted by atomic mass is 10.1. The molecule has 0 amide bonds. The second kappa shape index (κ2) is 21.4. The molecule has 0 bridgehead atoms. The van der Waals surface area contributed by atoms with Crippen molar-refractivity contribution < 1.29 is 28.6 Å². The van der Waals surface area contributed by atoms with Crippen LogP contribution < -0.4 is 0 Å². The van der Waals surface area contributed by atoms with Crippen molar-refractivity contribution in [2.45, 2.75) is 117 Å². The first-order valence-corrected chi connectivity index (χ1v) is 12.1. The fourth-order valence-corrected chi connectivity index (χ4v) is 3.12. The van der Waals surface area contributed by atoms with Gasteiger partial charge in [0.1, 0.15) is 13.2 Å². The first kappa shape index (κ1) is 29.1. The molecular formula is C25H44O6. The monoisotopic (exact) mass is 440 g/mol. The topological polar surface area (TPSA) is 78.9 Å². The van der Waals surface area contributed by atoms with Crippen LogP contribution in [0.2, 0.25) is 0 Å². The number of unbranched alkanes of at least 4 members (excludes halogenated alkanes) is 11. The number of ether oxygens (including phenoxy) is 3. The van der Waals surface area contributed by atoms with Gasteiger partial charge in [0.15, 0.2) is 6.10 Å². The zero-order chi connectivity index (χ0) is 23.2. The minimum absolute atomic E-state index is 0.110. The standard InChI is InChI=1S/C25H44O6/c1-4-5-6-7-8-9-10-11-12-13-14-15-16-17-18-19-25(28)31-24(20-29-22(2)26)21-30-23(3)27/h11-12,24H,4-10,13-21H2,1-3H3/b12-11-. The third-order valence-corrected chi connectivity index (χ3v) is 4.89. The van der Waals surface area contributed by atoms with Crippen LogP contribution in [0.3, 0.4) is 0 Å². The van der Waals surface area contributed by atoms with E-state index in [0.717, 1.165) is 32.1 Å². The molecule has 0 rings (SSSR count). The van der Waals surface area contributed by atoms with Gasteiger partial charge in [-0.2, -0.15) is 0 Å². The summed E-state index contributed by atoms with van der Waals surface area (Å²) in [5.41, 5.74) is 0. The summed E-state index contributed by atoms with van der Waals surface area (Å²) in [4.78, 5) is 33.8. The molecule has 0 saturated heterocycles. The highest BCUT2D eigenvalue weighted by atomic mass is 16.6. The number of rotatable bonds is 20. The minimum Gasteiger partial charge on any atom is -0.462 e. The first-order chi connectivity index (χ1) is 15.0. The summed E-state index contributed by atoms with van der Waals surface area (Å²) >= 11 is 0. The van der Waals surface area contributed by atoms with Crippen LogP contribution in [0.5, 0.6) is 0 Å². The van der Waals surface area contributed by atoms with Gasteiger partial charge in [0.25, 0.3) is 0 Å². The van der Waals surface area contributed by atoms with Crippen LogP contribution in [0.4, 0.5) is 0 Å². The Morgan fingerprint density at radius 3 is 1.61 bits per heavy atom. The molecule has 0 atom stereocenters. The van der Waals surface area contributed by atoms with E-state index in [1.165, 1.54) is 65.2 Å². The van der Waals surface area contributed by atoms with Crippen molar-refractivity contribution in [3.8, 4) is 0 Å². The maximum absolute atomic E-state index is 12.0. The number of allylic oxidation sites excluding steroid dienone is 2. The van der Waals surface area contributed by atoms with Crippen LogP contribution >= 0.6 is 0 Å². The quantitative estimate of drug-likeness (QED) is 0.0990. The van der Waals surface area contributed by atoms with Gasteiger partial charge in [0.05, 0.1) is 0 Å². The molecule has 31 heavy (non-hydrogen) atoms. The number of carbonyl (C=O) groups excluding carboxylic acids is 3. The maximum Gasteiger partial charge on any atom is 0.306 e. The molecular weight excluding hydrogens is 396 g/mol. The van der Waals surface area contributed by atoms with Gasteiger partial charge in [-0.15, -0.1) is 0 Å². The van der Waals surface area contributed by atoms with Crippen molar-refractivity contribution in [3.05, 3.63) is 12.2 Å². The van der Waals surface area contributed by atoms with Crippen LogP contribution in [-0.4, -0.2) is 37.2 Å². The van der Waals surface area contributed by atoms with Crippen molar-refractivity contribution in [2.24, 2.45) is 0 Å². The molecule has 0 aromatic heterocycles. The average molecular weight is 441 g/mol. The Kier molecular flexibility index (Phi) is 20.1. The molecule has 0 aliphatic carbocycles. The van der Waals surface area contributed by atoms with E-state index in [0.29, 0.717) is 6.42 Å². The largest absolute Gasteiger partial charge is 0.462 e. The molecule has 0 fully saturated rings. The van der Waals surface area contributed by atoms with E-state index in [9.17, 15) is 14.4 Å². The van der Waals surface area contributed by atoms with E-state index in [2.05, 4.69) is 19.1 Å². The summed E-state index contributed by atoms with van der Waals surface area (Å²) in [5.74, 6) is -1.30. The average Bonchev–Trinajstić information content (AvgIpc) is 2.72. The number of esters is 3. The fourth-order valence-electron chi connectivity index (χ4n) is 3.12.